The molecule has 0 amide bonds. The van der Waals surface area contributed by atoms with Crippen LogP contribution in [0.3, 0.4) is 0 Å². The van der Waals surface area contributed by atoms with Crippen molar-refractivity contribution in [1.29, 1.82) is 0 Å². The second-order valence-electron chi connectivity index (χ2n) is 4.25. The summed E-state index contributed by atoms with van der Waals surface area (Å²) in [6.07, 6.45) is 6.81. The summed E-state index contributed by atoms with van der Waals surface area (Å²) >= 11 is 0. The summed E-state index contributed by atoms with van der Waals surface area (Å²) < 4.78 is 0. The molecule has 16 heavy (non-hydrogen) atoms. The molecule has 2 aromatic rings. The molecule has 0 saturated heterocycles. The van der Waals surface area contributed by atoms with E-state index >= 15 is 0 Å². The highest BCUT2D eigenvalue weighted by Crippen LogP contribution is 2.15. The molecule has 0 fully saturated rings. The summed E-state index contributed by atoms with van der Waals surface area (Å²) in [5.74, 6) is 0. The third-order valence-corrected chi connectivity index (χ3v) is 2.95. The summed E-state index contributed by atoms with van der Waals surface area (Å²) in [6, 6.07) is 12.9. The maximum Gasteiger partial charge on any atom is 0.0224 e. The fourth-order valence-electron chi connectivity index (χ4n) is 2.00. The Morgan fingerprint density at radius 3 is 2.62 bits per heavy atom. The van der Waals surface area contributed by atoms with Crippen LogP contribution in [0.2, 0.25) is 0 Å². The van der Waals surface area contributed by atoms with Gasteiger partial charge in [0.25, 0.3) is 0 Å². The van der Waals surface area contributed by atoms with Crippen LogP contribution in [0, 0.1) is 0 Å². The molecule has 1 heteroatoms. The molecule has 1 nitrogen and oxygen atoms in total. The minimum atomic E-state index is 1.02. The van der Waals surface area contributed by atoms with Crippen LogP contribution in [-0.2, 0) is 12.8 Å². The molecule has 0 spiro atoms. The Kier molecular flexibility index (Phi) is 3.81. The Morgan fingerprint density at radius 1 is 1.06 bits per heavy atom. The Hall–Kier alpha value is -1.50. The van der Waals surface area contributed by atoms with Gasteiger partial charge in [-0.05, 0) is 30.0 Å². The first-order valence-electron chi connectivity index (χ1n) is 6.09. The molecule has 1 N–H and O–H groups in total. The third kappa shape index (κ3) is 2.75. The van der Waals surface area contributed by atoms with E-state index in [0.29, 0.717) is 0 Å². The number of aromatic amines is 1. The van der Waals surface area contributed by atoms with Gasteiger partial charge in [-0.15, -0.1) is 0 Å². The van der Waals surface area contributed by atoms with E-state index in [-0.39, 0.29) is 0 Å². The maximum absolute atomic E-state index is 3.36. The van der Waals surface area contributed by atoms with E-state index in [2.05, 4.69) is 54.5 Å². The number of aryl methyl sites for hydroxylation is 1. The van der Waals surface area contributed by atoms with Gasteiger partial charge in [0.15, 0.2) is 0 Å². The van der Waals surface area contributed by atoms with Crippen molar-refractivity contribution in [2.45, 2.75) is 32.6 Å². The van der Waals surface area contributed by atoms with E-state index in [1.54, 1.807) is 0 Å². The van der Waals surface area contributed by atoms with Gasteiger partial charge in [-0.25, -0.2) is 0 Å². The lowest BCUT2D eigenvalue weighted by Crippen LogP contribution is -1.93. The predicted octanol–water partition coefficient (Wildman–Crippen LogP) is 3.95. The Labute approximate surface area is 97.5 Å². The zero-order valence-electron chi connectivity index (χ0n) is 9.87. The summed E-state index contributed by atoms with van der Waals surface area (Å²) in [5.41, 5.74) is 4.23. The molecule has 0 aliphatic carbocycles. The molecule has 1 aromatic carbocycles. The highest BCUT2D eigenvalue weighted by molar-refractivity contribution is 5.28. The zero-order valence-corrected chi connectivity index (χ0v) is 9.87. The van der Waals surface area contributed by atoms with Gasteiger partial charge in [0.05, 0.1) is 0 Å². The van der Waals surface area contributed by atoms with E-state index < -0.39 is 0 Å². The van der Waals surface area contributed by atoms with Crippen LogP contribution >= 0.6 is 0 Å². The van der Waals surface area contributed by atoms with Gasteiger partial charge in [0, 0.05) is 18.3 Å². The first-order chi connectivity index (χ1) is 7.90. The van der Waals surface area contributed by atoms with Crippen LogP contribution in [-0.4, -0.2) is 4.98 Å². The smallest absolute Gasteiger partial charge is 0.0224 e. The molecule has 0 saturated carbocycles. The molecule has 1 heterocycles. The van der Waals surface area contributed by atoms with Crippen LogP contribution in [0.5, 0.6) is 0 Å². The van der Waals surface area contributed by atoms with E-state index in [1.165, 1.54) is 36.1 Å². The van der Waals surface area contributed by atoms with Crippen molar-refractivity contribution >= 4 is 0 Å². The van der Waals surface area contributed by atoms with Gasteiger partial charge < -0.3 is 4.98 Å². The van der Waals surface area contributed by atoms with Crippen LogP contribution in [0.4, 0.5) is 0 Å². The minimum Gasteiger partial charge on any atom is -0.364 e. The van der Waals surface area contributed by atoms with Crippen LogP contribution in [0.15, 0.2) is 42.6 Å². The fraction of sp³-hybridized carbons (Fsp3) is 0.333. The molecule has 0 aliphatic heterocycles. The SMILES string of the molecule is CCCCc1cc[nH]c1Cc1ccccc1. The Balaban J connectivity index is 2.07. The van der Waals surface area contributed by atoms with Crippen LogP contribution in [0.25, 0.3) is 0 Å². The van der Waals surface area contributed by atoms with Gasteiger partial charge in [0.2, 0.25) is 0 Å². The summed E-state index contributed by atoms with van der Waals surface area (Å²) in [4.78, 5) is 3.36. The summed E-state index contributed by atoms with van der Waals surface area (Å²) in [5, 5.41) is 0. The topological polar surface area (TPSA) is 15.8 Å². The second kappa shape index (κ2) is 5.55. The molecule has 0 atom stereocenters. The van der Waals surface area contributed by atoms with Crippen molar-refractivity contribution in [3.8, 4) is 0 Å². The first-order valence-corrected chi connectivity index (χ1v) is 6.09. The molecular formula is C15H19N. The molecule has 1 aromatic heterocycles. The predicted molar refractivity (Wildman–Crippen MR) is 68.7 cm³/mol. The molecule has 0 aliphatic rings. The number of H-pyrrole nitrogens is 1. The number of hydrogen-bond donors (Lipinski definition) is 1. The number of hydrogen-bond acceptors (Lipinski definition) is 0. The third-order valence-electron chi connectivity index (χ3n) is 2.95. The largest absolute Gasteiger partial charge is 0.364 e. The zero-order chi connectivity index (χ0) is 11.2. The van der Waals surface area contributed by atoms with Crippen molar-refractivity contribution < 1.29 is 0 Å². The lowest BCUT2D eigenvalue weighted by molar-refractivity contribution is 0.788. The molecule has 0 radical (unpaired) electrons. The summed E-state index contributed by atoms with van der Waals surface area (Å²) in [7, 11) is 0. The molecule has 2 rings (SSSR count). The average molecular weight is 213 g/mol. The van der Waals surface area contributed by atoms with E-state index in [1.807, 2.05) is 0 Å². The van der Waals surface area contributed by atoms with E-state index in [0.717, 1.165) is 6.42 Å². The van der Waals surface area contributed by atoms with Gasteiger partial charge in [-0.3, -0.25) is 0 Å². The summed E-state index contributed by atoms with van der Waals surface area (Å²) in [6.45, 7) is 2.24. The second-order valence-corrected chi connectivity index (χ2v) is 4.25. The van der Waals surface area contributed by atoms with Crippen LogP contribution in [0.1, 0.15) is 36.6 Å². The number of unbranched alkanes of at least 4 members (excludes halogenated alkanes) is 1. The van der Waals surface area contributed by atoms with Crippen molar-refractivity contribution in [2.75, 3.05) is 0 Å². The standard InChI is InChI=1S/C15H19N/c1-2-3-9-14-10-11-16-15(14)12-13-7-5-4-6-8-13/h4-8,10-11,16H,2-3,9,12H2,1H3. The normalized spacial score (nSPS) is 10.6. The number of nitrogens with one attached hydrogen (secondary N) is 1. The monoisotopic (exact) mass is 213 g/mol. The molecule has 0 bridgehead atoms. The van der Waals surface area contributed by atoms with Crippen molar-refractivity contribution in [1.82, 2.24) is 4.98 Å². The van der Waals surface area contributed by atoms with Crippen LogP contribution < -0.4 is 0 Å². The number of aromatic nitrogens is 1. The van der Waals surface area contributed by atoms with E-state index in [4.69, 9.17) is 0 Å². The van der Waals surface area contributed by atoms with Crippen molar-refractivity contribution in [3.63, 3.8) is 0 Å². The lowest BCUT2D eigenvalue weighted by atomic mass is 10.0. The van der Waals surface area contributed by atoms with Crippen molar-refractivity contribution in [3.05, 3.63) is 59.4 Å². The van der Waals surface area contributed by atoms with Gasteiger partial charge >= 0.3 is 0 Å². The quantitative estimate of drug-likeness (QED) is 0.774. The molecule has 0 unspecified atom stereocenters. The number of rotatable bonds is 5. The van der Waals surface area contributed by atoms with Gasteiger partial charge in [-0.2, -0.15) is 0 Å². The highest BCUT2D eigenvalue weighted by atomic mass is 14.7. The first kappa shape index (κ1) is 11.0. The lowest BCUT2D eigenvalue weighted by Gasteiger charge is -2.03. The molecular weight excluding hydrogens is 194 g/mol. The average Bonchev–Trinajstić information content (AvgIpc) is 2.75. The minimum absolute atomic E-state index is 1.02. The molecule has 84 valence electrons. The number of benzene rings is 1. The Morgan fingerprint density at radius 2 is 1.88 bits per heavy atom. The highest BCUT2D eigenvalue weighted by Gasteiger charge is 2.03. The van der Waals surface area contributed by atoms with E-state index in [9.17, 15) is 0 Å². The fourth-order valence-corrected chi connectivity index (χ4v) is 2.00. The van der Waals surface area contributed by atoms with Crippen molar-refractivity contribution in [2.24, 2.45) is 0 Å². The Bertz CT molecular complexity index is 414. The van der Waals surface area contributed by atoms with Gasteiger partial charge in [-0.1, -0.05) is 43.7 Å². The maximum atomic E-state index is 3.36. The van der Waals surface area contributed by atoms with Gasteiger partial charge in [0.1, 0.15) is 0 Å².